The first-order valence-electron chi connectivity index (χ1n) is 11.8. The van der Waals surface area contributed by atoms with E-state index in [2.05, 4.69) is 51.7 Å². The zero-order valence-corrected chi connectivity index (χ0v) is 22.3. The van der Waals surface area contributed by atoms with Gasteiger partial charge < -0.3 is 5.32 Å². The first kappa shape index (κ1) is 24.6. The lowest BCUT2D eigenvalue weighted by molar-refractivity contribution is 0.101. The molecule has 0 aliphatic carbocycles. The highest BCUT2D eigenvalue weighted by molar-refractivity contribution is 7.23. The van der Waals surface area contributed by atoms with Crippen molar-refractivity contribution in [2.24, 2.45) is 0 Å². The van der Waals surface area contributed by atoms with Gasteiger partial charge in [-0.05, 0) is 42.7 Å². The SMILES string of the molecule is CCn1nccc1C(=O)Nc1sc2c(c1-c1nc3ccccc3s1)CCN(Cc1ccccc1)C2.Cl. The minimum Gasteiger partial charge on any atom is -0.312 e. The Morgan fingerprint density at radius 1 is 1.06 bits per heavy atom. The van der Waals surface area contributed by atoms with Crippen molar-refractivity contribution in [2.45, 2.75) is 33.0 Å². The predicted octanol–water partition coefficient (Wildman–Crippen LogP) is 6.47. The molecule has 1 aliphatic heterocycles. The molecule has 9 heteroatoms. The van der Waals surface area contributed by atoms with Crippen molar-refractivity contribution < 1.29 is 4.79 Å². The number of benzene rings is 2. The molecule has 4 heterocycles. The molecule has 184 valence electrons. The van der Waals surface area contributed by atoms with Gasteiger partial charge in [0.25, 0.3) is 5.91 Å². The first-order valence-corrected chi connectivity index (χ1v) is 13.4. The number of fused-ring (bicyclic) bond motifs is 2. The highest BCUT2D eigenvalue weighted by atomic mass is 35.5. The molecule has 1 amide bonds. The molecule has 36 heavy (non-hydrogen) atoms. The molecule has 0 saturated heterocycles. The summed E-state index contributed by atoms with van der Waals surface area (Å²) in [5.41, 5.74) is 5.29. The Hall–Kier alpha value is -3.04. The van der Waals surface area contributed by atoms with Gasteiger partial charge in [-0.3, -0.25) is 14.4 Å². The van der Waals surface area contributed by atoms with E-state index in [-0.39, 0.29) is 18.3 Å². The monoisotopic (exact) mass is 535 g/mol. The molecular formula is C27H26ClN5OS2. The summed E-state index contributed by atoms with van der Waals surface area (Å²) in [5, 5.41) is 9.33. The molecule has 6 nitrogen and oxygen atoms in total. The molecule has 0 saturated carbocycles. The number of nitrogens with zero attached hydrogens (tertiary/aromatic N) is 4. The topological polar surface area (TPSA) is 63.1 Å². The Kier molecular flexibility index (Phi) is 7.20. The van der Waals surface area contributed by atoms with Crippen molar-refractivity contribution in [3.63, 3.8) is 0 Å². The smallest absolute Gasteiger partial charge is 0.274 e. The van der Waals surface area contributed by atoms with Crippen molar-refractivity contribution in [1.29, 1.82) is 0 Å². The number of hydrogen-bond acceptors (Lipinski definition) is 6. The fourth-order valence-corrected chi connectivity index (χ4v) is 7.07. The van der Waals surface area contributed by atoms with Gasteiger partial charge in [-0.15, -0.1) is 35.1 Å². The summed E-state index contributed by atoms with van der Waals surface area (Å²) in [6, 6.07) is 20.6. The second kappa shape index (κ2) is 10.5. The van der Waals surface area contributed by atoms with Gasteiger partial charge in [0, 0.05) is 42.8 Å². The van der Waals surface area contributed by atoms with E-state index in [1.165, 1.54) is 16.0 Å². The molecule has 0 spiro atoms. The molecule has 0 atom stereocenters. The van der Waals surface area contributed by atoms with Gasteiger partial charge in [-0.25, -0.2) is 4.98 Å². The standard InChI is InChI=1S/C27H25N5OS2.ClH/c1-2-32-21(12-14-28-32)25(33)30-27-24(26-29-20-10-6-7-11-22(20)34-26)19-13-15-31(17-23(19)35-27)16-18-8-4-3-5-9-18;/h3-12,14H,2,13,15-17H2,1H3,(H,30,33);1H. The lowest BCUT2D eigenvalue weighted by Gasteiger charge is -2.27. The minimum atomic E-state index is -0.133. The Morgan fingerprint density at radius 2 is 1.86 bits per heavy atom. The number of anilines is 1. The Balaban J connectivity index is 0.00000267. The Morgan fingerprint density at radius 3 is 2.67 bits per heavy atom. The molecule has 0 radical (unpaired) electrons. The zero-order valence-electron chi connectivity index (χ0n) is 19.8. The molecular weight excluding hydrogens is 510 g/mol. The van der Waals surface area contributed by atoms with Crippen LogP contribution in [0.15, 0.2) is 66.9 Å². The first-order chi connectivity index (χ1) is 17.2. The van der Waals surface area contributed by atoms with E-state index in [1.54, 1.807) is 39.6 Å². The third kappa shape index (κ3) is 4.69. The van der Waals surface area contributed by atoms with Crippen LogP contribution in [0, 0.1) is 0 Å². The fraction of sp³-hybridized carbons (Fsp3) is 0.222. The molecule has 5 aromatic rings. The van der Waals surface area contributed by atoms with E-state index in [4.69, 9.17) is 4.98 Å². The van der Waals surface area contributed by atoms with Crippen LogP contribution in [0.2, 0.25) is 0 Å². The predicted molar refractivity (Wildman–Crippen MR) is 150 cm³/mol. The number of aromatic nitrogens is 3. The van der Waals surface area contributed by atoms with Gasteiger partial charge in [0.15, 0.2) is 0 Å². The van der Waals surface area contributed by atoms with Crippen molar-refractivity contribution in [1.82, 2.24) is 19.7 Å². The molecule has 0 fully saturated rings. The molecule has 3 aromatic heterocycles. The van der Waals surface area contributed by atoms with E-state index in [9.17, 15) is 4.79 Å². The van der Waals surface area contributed by atoms with Crippen molar-refractivity contribution >= 4 is 56.2 Å². The van der Waals surface area contributed by atoms with Crippen LogP contribution in [-0.4, -0.2) is 32.1 Å². The van der Waals surface area contributed by atoms with Gasteiger partial charge in [-0.1, -0.05) is 42.5 Å². The van der Waals surface area contributed by atoms with Gasteiger partial charge in [0.1, 0.15) is 15.7 Å². The second-order valence-corrected chi connectivity index (χ2v) is 10.8. The lowest BCUT2D eigenvalue weighted by Crippen LogP contribution is -2.29. The minimum absolute atomic E-state index is 0. The van der Waals surface area contributed by atoms with Crippen LogP contribution >= 0.6 is 35.1 Å². The number of thiazole rings is 1. The van der Waals surface area contributed by atoms with Crippen molar-refractivity contribution in [2.75, 3.05) is 11.9 Å². The molecule has 2 aromatic carbocycles. The molecule has 6 rings (SSSR count). The van der Waals surface area contributed by atoms with Gasteiger partial charge in [-0.2, -0.15) is 5.10 Å². The summed E-state index contributed by atoms with van der Waals surface area (Å²) >= 11 is 3.37. The summed E-state index contributed by atoms with van der Waals surface area (Å²) in [4.78, 5) is 22.0. The normalized spacial score (nSPS) is 13.4. The van der Waals surface area contributed by atoms with Crippen LogP contribution in [0.5, 0.6) is 0 Å². The highest BCUT2D eigenvalue weighted by Crippen LogP contribution is 2.46. The van der Waals surface area contributed by atoms with Crippen LogP contribution < -0.4 is 5.32 Å². The number of para-hydroxylation sites is 1. The maximum Gasteiger partial charge on any atom is 0.274 e. The quantitative estimate of drug-likeness (QED) is 0.270. The number of hydrogen-bond donors (Lipinski definition) is 1. The van der Waals surface area contributed by atoms with E-state index in [0.29, 0.717) is 12.2 Å². The van der Waals surface area contributed by atoms with Gasteiger partial charge >= 0.3 is 0 Å². The third-order valence-electron chi connectivity index (χ3n) is 6.37. The number of amides is 1. The van der Waals surface area contributed by atoms with Gasteiger partial charge in [0.05, 0.1) is 10.2 Å². The Labute approximate surface area is 224 Å². The van der Waals surface area contributed by atoms with Crippen LogP contribution in [0.25, 0.3) is 20.8 Å². The molecule has 1 N–H and O–H groups in total. The average Bonchev–Trinajstić information content (AvgIpc) is 3.60. The summed E-state index contributed by atoms with van der Waals surface area (Å²) in [7, 11) is 0. The van der Waals surface area contributed by atoms with E-state index < -0.39 is 0 Å². The summed E-state index contributed by atoms with van der Waals surface area (Å²) < 4.78 is 2.88. The van der Waals surface area contributed by atoms with Crippen LogP contribution in [-0.2, 0) is 26.1 Å². The fourth-order valence-electron chi connectivity index (χ4n) is 4.67. The van der Waals surface area contributed by atoms with Crippen LogP contribution in [0.1, 0.15) is 33.4 Å². The number of aryl methyl sites for hydroxylation is 1. The number of thiophene rings is 1. The maximum atomic E-state index is 13.2. The Bertz CT molecular complexity index is 1470. The number of rotatable bonds is 6. The third-order valence-corrected chi connectivity index (χ3v) is 8.55. The summed E-state index contributed by atoms with van der Waals surface area (Å²) in [6.45, 7) is 5.41. The second-order valence-electron chi connectivity index (χ2n) is 8.63. The van der Waals surface area contributed by atoms with Gasteiger partial charge in [0.2, 0.25) is 0 Å². The zero-order chi connectivity index (χ0) is 23.8. The highest BCUT2D eigenvalue weighted by Gasteiger charge is 2.28. The van der Waals surface area contributed by atoms with Crippen molar-refractivity contribution in [3.05, 3.63) is 88.6 Å². The van der Waals surface area contributed by atoms with E-state index in [0.717, 1.165) is 51.8 Å². The van der Waals surface area contributed by atoms with Crippen LogP contribution in [0.4, 0.5) is 5.00 Å². The lowest BCUT2D eigenvalue weighted by atomic mass is 10.0. The molecule has 0 unspecified atom stereocenters. The average molecular weight is 536 g/mol. The summed E-state index contributed by atoms with van der Waals surface area (Å²) in [5.74, 6) is -0.133. The van der Waals surface area contributed by atoms with E-state index >= 15 is 0 Å². The largest absolute Gasteiger partial charge is 0.312 e. The van der Waals surface area contributed by atoms with Crippen LogP contribution in [0.3, 0.4) is 0 Å². The number of nitrogens with one attached hydrogen (secondary N) is 1. The number of halogens is 1. The van der Waals surface area contributed by atoms with E-state index in [1.807, 2.05) is 25.1 Å². The maximum absolute atomic E-state index is 13.2. The summed E-state index contributed by atoms with van der Waals surface area (Å²) in [6.07, 6.45) is 2.61. The number of carbonyl (C=O) groups excluding carboxylic acids is 1. The molecule has 1 aliphatic rings. The number of carbonyl (C=O) groups is 1. The van der Waals surface area contributed by atoms with Crippen molar-refractivity contribution in [3.8, 4) is 10.6 Å². The molecule has 0 bridgehead atoms.